The van der Waals surface area contributed by atoms with Gasteiger partial charge >= 0.3 is 0 Å². The molecule has 1 aliphatic rings. The van der Waals surface area contributed by atoms with Crippen molar-refractivity contribution in [3.05, 3.63) is 44.6 Å². The van der Waals surface area contributed by atoms with Crippen LogP contribution in [-0.4, -0.2) is 21.3 Å². The maximum absolute atomic E-state index is 11.3. The Morgan fingerprint density at radius 2 is 2.10 bits per heavy atom. The second-order valence-electron chi connectivity index (χ2n) is 5.21. The number of nitro groups is 1. The summed E-state index contributed by atoms with van der Waals surface area (Å²) >= 11 is 0. The fourth-order valence-electron chi connectivity index (χ4n) is 2.56. The Balaban J connectivity index is 2.26. The molecule has 1 aromatic heterocycles. The van der Waals surface area contributed by atoms with E-state index in [-0.39, 0.29) is 10.6 Å². The second-order valence-corrected chi connectivity index (χ2v) is 5.21. The van der Waals surface area contributed by atoms with Crippen LogP contribution in [0.5, 0.6) is 0 Å². The fraction of sp³-hybridized carbons (Fsp3) is 0.357. The highest BCUT2D eigenvalue weighted by Gasteiger charge is 2.25. The molecule has 0 amide bonds. The highest BCUT2D eigenvalue weighted by Crippen LogP contribution is 2.31. The SMILES string of the molecule is Cc1cc(-n2nc(N)c3c2CCOC3)c([N+](=O)[O-])cc1C. The van der Waals surface area contributed by atoms with Gasteiger partial charge in [0, 0.05) is 18.1 Å². The molecule has 1 aromatic carbocycles. The largest absolute Gasteiger partial charge is 0.382 e. The van der Waals surface area contributed by atoms with Crippen LogP contribution in [0.15, 0.2) is 12.1 Å². The van der Waals surface area contributed by atoms with Crippen molar-refractivity contribution in [1.82, 2.24) is 9.78 Å². The first kappa shape index (κ1) is 13.6. The summed E-state index contributed by atoms with van der Waals surface area (Å²) in [6.45, 7) is 4.74. The van der Waals surface area contributed by atoms with Crippen LogP contribution < -0.4 is 5.73 Å². The fourth-order valence-corrected chi connectivity index (χ4v) is 2.56. The van der Waals surface area contributed by atoms with Gasteiger partial charge in [-0.05, 0) is 31.0 Å². The van der Waals surface area contributed by atoms with Crippen molar-refractivity contribution in [2.24, 2.45) is 0 Å². The van der Waals surface area contributed by atoms with E-state index < -0.39 is 0 Å². The summed E-state index contributed by atoms with van der Waals surface area (Å²) < 4.78 is 6.97. The predicted molar refractivity (Wildman–Crippen MR) is 77.5 cm³/mol. The number of aryl methyl sites for hydroxylation is 2. The molecular weight excluding hydrogens is 272 g/mol. The summed E-state index contributed by atoms with van der Waals surface area (Å²) in [6, 6.07) is 3.36. The monoisotopic (exact) mass is 288 g/mol. The quantitative estimate of drug-likeness (QED) is 0.674. The molecule has 0 radical (unpaired) electrons. The van der Waals surface area contributed by atoms with Gasteiger partial charge in [0.05, 0.1) is 23.8 Å². The van der Waals surface area contributed by atoms with Crippen molar-refractivity contribution in [2.75, 3.05) is 12.3 Å². The number of hydrogen-bond donors (Lipinski definition) is 1. The van der Waals surface area contributed by atoms with E-state index in [1.165, 1.54) is 0 Å². The lowest BCUT2D eigenvalue weighted by molar-refractivity contribution is -0.384. The molecule has 7 heteroatoms. The Morgan fingerprint density at radius 1 is 1.38 bits per heavy atom. The molecule has 0 spiro atoms. The highest BCUT2D eigenvalue weighted by molar-refractivity contribution is 5.59. The normalized spacial score (nSPS) is 14.0. The Morgan fingerprint density at radius 3 is 2.81 bits per heavy atom. The number of benzene rings is 1. The van der Waals surface area contributed by atoms with Gasteiger partial charge in [0.25, 0.3) is 5.69 Å². The number of nitro benzene ring substituents is 1. The summed E-state index contributed by atoms with van der Waals surface area (Å²) in [7, 11) is 0. The lowest BCUT2D eigenvalue weighted by Gasteiger charge is -2.15. The van der Waals surface area contributed by atoms with Gasteiger partial charge in [-0.1, -0.05) is 0 Å². The first-order valence-electron chi connectivity index (χ1n) is 6.69. The molecule has 0 fully saturated rings. The van der Waals surface area contributed by atoms with E-state index >= 15 is 0 Å². The topological polar surface area (TPSA) is 96.2 Å². The number of ether oxygens (including phenoxy) is 1. The van der Waals surface area contributed by atoms with Gasteiger partial charge in [0.2, 0.25) is 0 Å². The van der Waals surface area contributed by atoms with Crippen LogP contribution in [0.3, 0.4) is 0 Å². The molecule has 0 bridgehead atoms. The van der Waals surface area contributed by atoms with Crippen molar-refractivity contribution in [2.45, 2.75) is 26.9 Å². The Bertz CT molecular complexity index is 736. The lowest BCUT2D eigenvalue weighted by Crippen LogP contribution is -2.14. The van der Waals surface area contributed by atoms with E-state index in [0.717, 1.165) is 22.4 Å². The van der Waals surface area contributed by atoms with Gasteiger partial charge in [0.1, 0.15) is 5.69 Å². The molecule has 21 heavy (non-hydrogen) atoms. The number of nitrogen functional groups attached to an aromatic ring is 1. The standard InChI is InChI=1S/C14H16N4O3/c1-8-5-12(13(18(19)20)6-9(8)2)17-11-3-4-21-7-10(11)14(15)16-17/h5-6H,3-4,7H2,1-2H3,(H2,15,16). The van der Waals surface area contributed by atoms with Crippen LogP contribution in [0.25, 0.3) is 5.69 Å². The number of nitrogens with zero attached hydrogens (tertiary/aromatic N) is 3. The third kappa shape index (κ3) is 2.15. The maximum atomic E-state index is 11.3. The van der Waals surface area contributed by atoms with Crippen molar-refractivity contribution >= 4 is 11.5 Å². The van der Waals surface area contributed by atoms with E-state index in [2.05, 4.69) is 5.10 Å². The maximum Gasteiger partial charge on any atom is 0.295 e. The van der Waals surface area contributed by atoms with Gasteiger partial charge in [-0.2, -0.15) is 0 Å². The van der Waals surface area contributed by atoms with Crippen molar-refractivity contribution in [3.63, 3.8) is 0 Å². The van der Waals surface area contributed by atoms with Gasteiger partial charge in [0.15, 0.2) is 5.82 Å². The molecule has 7 nitrogen and oxygen atoms in total. The Labute approximate surface area is 121 Å². The summed E-state index contributed by atoms with van der Waals surface area (Å²) in [5, 5.41) is 15.6. The molecular formula is C14H16N4O3. The average Bonchev–Trinajstić information content (AvgIpc) is 2.79. The predicted octanol–water partition coefficient (Wildman–Crippen LogP) is 2.05. The average molecular weight is 288 g/mol. The second kappa shape index (κ2) is 4.85. The minimum Gasteiger partial charge on any atom is -0.382 e. The molecule has 0 atom stereocenters. The summed E-state index contributed by atoms with van der Waals surface area (Å²) in [6.07, 6.45) is 0.642. The number of aromatic nitrogens is 2. The molecule has 0 aliphatic carbocycles. The molecule has 110 valence electrons. The first-order chi connectivity index (χ1) is 9.99. The first-order valence-corrected chi connectivity index (χ1v) is 6.69. The van der Waals surface area contributed by atoms with E-state index in [9.17, 15) is 10.1 Å². The van der Waals surface area contributed by atoms with Gasteiger partial charge in [-0.3, -0.25) is 10.1 Å². The number of hydrogen-bond acceptors (Lipinski definition) is 5. The van der Waals surface area contributed by atoms with E-state index in [4.69, 9.17) is 10.5 Å². The van der Waals surface area contributed by atoms with E-state index in [0.29, 0.717) is 31.1 Å². The van der Waals surface area contributed by atoms with Crippen molar-refractivity contribution in [1.29, 1.82) is 0 Å². The van der Waals surface area contributed by atoms with Gasteiger partial charge < -0.3 is 10.5 Å². The minimum atomic E-state index is -0.384. The van der Waals surface area contributed by atoms with E-state index in [1.807, 2.05) is 13.8 Å². The van der Waals surface area contributed by atoms with Crippen molar-refractivity contribution < 1.29 is 9.66 Å². The van der Waals surface area contributed by atoms with Gasteiger partial charge in [-0.15, -0.1) is 5.10 Å². The molecule has 0 saturated heterocycles. The zero-order valence-corrected chi connectivity index (χ0v) is 11.9. The minimum absolute atomic E-state index is 0.0369. The molecule has 2 heterocycles. The van der Waals surface area contributed by atoms with E-state index in [1.54, 1.807) is 16.8 Å². The van der Waals surface area contributed by atoms with Crippen LogP contribution in [0.4, 0.5) is 11.5 Å². The zero-order valence-electron chi connectivity index (χ0n) is 11.9. The number of rotatable bonds is 2. The number of fused-ring (bicyclic) bond motifs is 1. The smallest absolute Gasteiger partial charge is 0.295 e. The van der Waals surface area contributed by atoms with Crippen LogP contribution in [-0.2, 0) is 17.8 Å². The van der Waals surface area contributed by atoms with Crippen LogP contribution >= 0.6 is 0 Å². The molecule has 2 N–H and O–H groups in total. The Hall–Kier alpha value is -2.41. The third-order valence-corrected chi connectivity index (χ3v) is 3.87. The number of anilines is 1. The van der Waals surface area contributed by atoms with Crippen LogP contribution in [0, 0.1) is 24.0 Å². The zero-order chi connectivity index (χ0) is 15.1. The van der Waals surface area contributed by atoms with Crippen molar-refractivity contribution in [3.8, 4) is 5.69 Å². The van der Waals surface area contributed by atoms with Crippen LogP contribution in [0.2, 0.25) is 0 Å². The number of nitrogens with two attached hydrogens (primary N) is 1. The summed E-state index contributed by atoms with van der Waals surface area (Å²) in [5.41, 5.74) is 9.98. The molecule has 3 rings (SSSR count). The Kier molecular flexibility index (Phi) is 3.13. The third-order valence-electron chi connectivity index (χ3n) is 3.87. The summed E-state index contributed by atoms with van der Waals surface area (Å²) in [4.78, 5) is 11.0. The summed E-state index contributed by atoms with van der Waals surface area (Å²) in [5.74, 6) is 0.372. The highest BCUT2D eigenvalue weighted by atomic mass is 16.6. The lowest BCUT2D eigenvalue weighted by atomic mass is 10.1. The van der Waals surface area contributed by atoms with Gasteiger partial charge in [-0.25, -0.2) is 4.68 Å². The molecule has 1 aliphatic heterocycles. The molecule has 0 saturated carbocycles. The molecule has 2 aromatic rings. The van der Waals surface area contributed by atoms with Crippen LogP contribution in [0.1, 0.15) is 22.4 Å². The molecule has 0 unspecified atom stereocenters.